The van der Waals surface area contributed by atoms with Crippen molar-refractivity contribution in [1.82, 2.24) is 4.90 Å². The van der Waals surface area contributed by atoms with Crippen LogP contribution in [0.2, 0.25) is 0 Å². The van der Waals surface area contributed by atoms with E-state index in [1.54, 1.807) is 23.7 Å². The largest absolute Gasteiger partial charge is 0.481 e. The predicted octanol–water partition coefficient (Wildman–Crippen LogP) is 3.27. The monoisotopic (exact) mass is 323 g/mol. The minimum atomic E-state index is -0.820. The van der Waals surface area contributed by atoms with Gasteiger partial charge in [-0.2, -0.15) is 0 Å². The molecule has 1 atom stereocenters. The lowest BCUT2D eigenvalue weighted by molar-refractivity contribution is -0.138. The first kappa shape index (κ1) is 18.6. The summed E-state index contributed by atoms with van der Waals surface area (Å²) in [6.07, 6.45) is 0.590. The average Bonchev–Trinajstić information content (AvgIpc) is 2.47. The van der Waals surface area contributed by atoms with Gasteiger partial charge in [0.2, 0.25) is 5.91 Å². The third kappa shape index (κ3) is 6.52. The number of hydrogen-bond donors (Lipinski definition) is 1. The van der Waals surface area contributed by atoms with Crippen LogP contribution in [-0.2, 0) is 15.3 Å². The third-order valence-corrected chi connectivity index (χ3v) is 4.99. The van der Waals surface area contributed by atoms with Gasteiger partial charge in [0.05, 0.1) is 5.25 Å². The molecular weight excluding hydrogens is 298 g/mol. The summed E-state index contributed by atoms with van der Waals surface area (Å²) >= 11 is 1.65. The maximum Gasteiger partial charge on any atom is 0.303 e. The molecule has 1 aromatic carbocycles. The Balaban J connectivity index is 2.54. The summed E-state index contributed by atoms with van der Waals surface area (Å²) in [6, 6.07) is 10.1. The Morgan fingerprint density at radius 2 is 1.86 bits per heavy atom. The van der Waals surface area contributed by atoms with Gasteiger partial charge in [0, 0.05) is 25.8 Å². The molecule has 5 heteroatoms. The maximum atomic E-state index is 12.5. The first-order chi connectivity index (χ1) is 10.4. The molecule has 0 spiro atoms. The highest BCUT2D eigenvalue weighted by Crippen LogP contribution is 2.25. The van der Waals surface area contributed by atoms with Crippen LogP contribution < -0.4 is 0 Å². The van der Waals surface area contributed by atoms with E-state index in [1.807, 2.05) is 32.0 Å². The van der Waals surface area contributed by atoms with Crippen molar-refractivity contribution in [3.8, 4) is 0 Å². The lowest BCUT2D eigenvalue weighted by atomic mass is 10.1. The molecule has 0 aliphatic heterocycles. The molecule has 0 heterocycles. The quantitative estimate of drug-likeness (QED) is 0.758. The first-order valence-corrected chi connectivity index (χ1v) is 8.59. The van der Waals surface area contributed by atoms with E-state index in [0.717, 1.165) is 5.75 Å². The zero-order valence-corrected chi connectivity index (χ0v) is 14.3. The molecule has 1 rings (SSSR count). The second-order valence-corrected chi connectivity index (χ2v) is 6.85. The SMILES string of the molecule is CC(C)C(SCc1ccccc1)C(=O)N(C)CCCC(=O)O. The predicted molar refractivity (Wildman–Crippen MR) is 90.9 cm³/mol. The highest BCUT2D eigenvalue weighted by molar-refractivity contribution is 7.99. The van der Waals surface area contributed by atoms with Crippen LogP contribution >= 0.6 is 11.8 Å². The molecule has 0 saturated heterocycles. The van der Waals surface area contributed by atoms with Crippen molar-refractivity contribution in [3.05, 3.63) is 35.9 Å². The molecule has 0 aromatic heterocycles. The molecular formula is C17H25NO3S. The van der Waals surface area contributed by atoms with E-state index in [0.29, 0.717) is 13.0 Å². The minimum Gasteiger partial charge on any atom is -0.481 e. The standard InChI is InChI=1S/C17H25NO3S/c1-13(2)16(22-12-14-8-5-4-6-9-14)17(21)18(3)11-7-10-15(19)20/h4-6,8-9,13,16H,7,10-12H2,1-3H3,(H,19,20). The van der Waals surface area contributed by atoms with Crippen LogP contribution in [-0.4, -0.2) is 40.7 Å². The Labute approximate surface area is 136 Å². The number of nitrogens with zero attached hydrogens (tertiary/aromatic N) is 1. The Morgan fingerprint density at radius 1 is 1.23 bits per heavy atom. The summed E-state index contributed by atoms with van der Waals surface area (Å²) in [5.74, 6) is 0.308. The van der Waals surface area contributed by atoms with Gasteiger partial charge in [-0.3, -0.25) is 9.59 Å². The van der Waals surface area contributed by atoms with E-state index in [-0.39, 0.29) is 23.5 Å². The van der Waals surface area contributed by atoms with Crippen molar-refractivity contribution in [3.63, 3.8) is 0 Å². The molecule has 0 aliphatic carbocycles. The fourth-order valence-electron chi connectivity index (χ4n) is 2.10. The number of amides is 1. The molecule has 22 heavy (non-hydrogen) atoms. The van der Waals surface area contributed by atoms with Crippen molar-refractivity contribution >= 4 is 23.6 Å². The van der Waals surface area contributed by atoms with E-state index < -0.39 is 5.97 Å². The second kappa shape index (κ2) is 9.51. The highest BCUT2D eigenvalue weighted by atomic mass is 32.2. The Bertz CT molecular complexity index is 476. The zero-order valence-electron chi connectivity index (χ0n) is 13.5. The number of carboxylic acid groups (broad SMARTS) is 1. The van der Waals surface area contributed by atoms with Gasteiger partial charge in [0.15, 0.2) is 0 Å². The molecule has 0 saturated carbocycles. The number of carbonyl (C=O) groups is 2. The van der Waals surface area contributed by atoms with Gasteiger partial charge in [-0.15, -0.1) is 11.8 Å². The van der Waals surface area contributed by atoms with E-state index in [2.05, 4.69) is 12.1 Å². The lowest BCUT2D eigenvalue weighted by Crippen LogP contribution is -2.38. The molecule has 1 unspecified atom stereocenters. The van der Waals surface area contributed by atoms with E-state index in [4.69, 9.17) is 5.11 Å². The van der Waals surface area contributed by atoms with Crippen molar-refractivity contribution in [1.29, 1.82) is 0 Å². The molecule has 0 aliphatic rings. The summed E-state index contributed by atoms with van der Waals surface area (Å²) in [6.45, 7) is 4.58. The molecule has 0 radical (unpaired) electrons. The number of carboxylic acids is 1. The third-order valence-electron chi connectivity index (χ3n) is 3.38. The van der Waals surface area contributed by atoms with Gasteiger partial charge >= 0.3 is 5.97 Å². The van der Waals surface area contributed by atoms with Crippen LogP contribution in [0.15, 0.2) is 30.3 Å². The van der Waals surface area contributed by atoms with E-state index in [9.17, 15) is 9.59 Å². The zero-order chi connectivity index (χ0) is 16.5. The minimum absolute atomic E-state index is 0.0846. The summed E-state index contributed by atoms with van der Waals surface area (Å²) in [5.41, 5.74) is 1.21. The lowest BCUT2D eigenvalue weighted by Gasteiger charge is -2.26. The number of rotatable bonds is 9. The summed E-state index contributed by atoms with van der Waals surface area (Å²) in [4.78, 5) is 24.7. The molecule has 0 fully saturated rings. The Kier molecular flexibility index (Phi) is 8.02. The summed E-state index contributed by atoms with van der Waals surface area (Å²) < 4.78 is 0. The van der Waals surface area contributed by atoms with Gasteiger partial charge in [-0.05, 0) is 17.9 Å². The van der Waals surface area contributed by atoms with Crippen molar-refractivity contribution in [2.45, 2.75) is 37.7 Å². The number of hydrogen-bond acceptors (Lipinski definition) is 3. The number of benzene rings is 1. The van der Waals surface area contributed by atoms with Crippen LogP contribution in [0.1, 0.15) is 32.3 Å². The van der Waals surface area contributed by atoms with E-state index in [1.165, 1.54) is 5.56 Å². The Morgan fingerprint density at radius 3 is 2.41 bits per heavy atom. The van der Waals surface area contributed by atoms with Crippen LogP contribution in [0.25, 0.3) is 0 Å². The first-order valence-electron chi connectivity index (χ1n) is 7.54. The topological polar surface area (TPSA) is 57.6 Å². The van der Waals surface area contributed by atoms with Crippen molar-refractivity contribution < 1.29 is 14.7 Å². The fraction of sp³-hybridized carbons (Fsp3) is 0.529. The summed E-state index contributed by atoms with van der Waals surface area (Å²) in [7, 11) is 1.75. The van der Waals surface area contributed by atoms with Gasteiger partial charge in [-0.25, -0.2) is 0 Å². The normalized spacial score (nSPS) is 12.2. The molecule has 0 bridgehead atoms. The van der Waals surface area contributed by atoms with Crippen LogP contribution in [0.4, 0.5) is 0 Å². The van der Waals surface area contributed by atoms with Crippen LogP contribution in [0.5, 0.6) is 0 Å². The molecule has 1 amide bonds. The molecule has 1 aromatic rings. The molecule has 1 N–H and O–H groups in total. The molecule has 122 valence electrons. The maximum absolute atomic E-state index is 12.5. The van der Waals surface area contributed by atoms with Gasteiger partial charge in [0.25, 0.3) is 0 Å². The number of thioether (sulfide) groups is 1. The highest BCUT2D eigenvalue weighted by Gasteiger charge is 2.25. The van der Waals surface area contributed by atoms with Gasteiger partial charge in [0.1, 0.15) is 0 Å². The van der Waals surface area contributed by atoms with Crippen LogP contribution in [0.3, 0.4) is 0 Å². The number of carbonyl (C=O) groups excluding carboxylic acids is 1. The van der Waals surface area contributed by atoms with Gasteiger partial charge < -0.3 is 10.0 Å². The van der Waals surface area contributed by atoms with E-state index >= 15 is 0 Å². The van der Waals surface area contributed by atoms with Crippen molar-refractivity contribution in [2.75, 3.05) is 13.6 Å². The smallest absolute Gasteiger partial charge is 0.303 e. The number of aliphatic carboxylic acids is 1. The second-order valence-electron chi connectivity index (χ2n) is 5.72. The average molecular weight is 323 g/mol. The Hall–Kier alpha value is -1.49. The molecule has 4 nitrogen and oxygen atoms in total. The summed E-state index contributed by atoms with van der Waals surface area (Å²) in [5, 5.41) is 8.56. The fourth-order valence-corrected chi connectivity index (χ4v) is 3.38. The van der Waals surface area contributed by atoms with Gasteiger partial charge in [-0.1, -0.05) is 44.2 Å². The van der Waals surface area contributed by atoms with Crippen molar-refractivity contribution in [2.24, 2.45) is 5.92 Å². The van der Waals surface area contributed by atoms with Crippen LogP contribution in [0, 0.1) is 5.92 Å².